The standard InChI is InChI=1S/C17H17ClN2O/c18-15-7-9-16(10-8-15)19-11-4-12-20(13-19)17(21)14-5-2-1-3-6-14/h1-3,5-10H,4,11-13H2. The van der Waals surface area contributed by atoms with Crippen molar-refractivity contribution in [2.75, 3.05) is 24.7 Å². The first-order chi connectivity index (χ1) is 10.2. The number of anilines is 1. The lowest BCUT2D eigenvalue weighted by Crippen LogP contribution is -2.47. The SMILES string of the molecule is O=C(c1ccccc1)N1CCCN(c2ccc(Cl)cc2)C1. The van der Waals surface area contributed by atoms with Crippen molar-refractivity contribution in [1.29, 1.82) is 0 Å². The summed E-state index contributed by atoms with van der Waals surface area (Å²) in [6.07, 6.45) is 0.973. The second kappa shape index (κ2) is 6.19. The Morgan fingerprint density at radius 1 is 0.952 bits per heavy atom. The van der Waals surface area contributed by atoms with Gasteiger partial charge in [-0.15, -0.1) is 0 Å². The third-order valence-electron chi connectivity index (χ3n) is 3.70. The minimum atomic E-state index is 0.0919. The molecular weight excluding hydrogens is 284 g/mol. The lowest BCUT2D eigenvalue weighted by molar-refractivity contribution is 0.0733. The molecule has 3 nitrogen and oxygen atoms in total. The fourth-order valence-corrected chi connectivity index (χ4v) is 2.72. The quantitative estimate of drug-likeness (QED) is 0.845. The summed E-state index contributed by atoms with van der Waals surface area (Å²) in [5.74, 6) is 0.0919. The Bertz CT molecular complexity index is 612. The number of amides is 1. The molecule has 0 spiro atoms. The molecule has 0 atom stereocenters. The fourth-order valence-electron chi connectivity index (χ4n) is 2.59. The number of carbonyl (C=O) groups excluding carboxylic acids is 1. The zero-order valence-corrected chi connectivity index (χ0v) is 12.5. The monoisotopic (exact) mass is 300 g/mol. The van der Waals surface area contributed by atoms with Crippen LogP contribution in [0.15, 0.2) is 54.6 Å². The van der Waals surface area contributed by atoms with E-state index in [0.717, 1.165) is 35.8 Å². The molecule has 3 rings (SSSR count). The maximum Gasteiger partial charge on any atom is 0.255 e. The van der Waals surface area contributed by atoms with Crippen LogP contribution in [0, 0.1) is 0 Å². The molecule has 2 aromatic rings. The highest BCUT2D eigenvalue weighted by atomic mass is 35.5. The van der Waals surface area contributed by atoms with Crippen molar-refractivity contribution >= 4 is 23.2 Å². The molecule has 0 aromatic heterocycles. The van der Waals surface area contributed by atoms with Gasteiger partial charge < -0.3 is 9.80 Å². The predicted molar refractivity (Wildman–Crippen MR) is 85.8 cm³/mol. The van der Waals surface area contributed by atoms with Crippen LogP contribution < -0.4 is 4.90 Å². The number of rotatable bonds is 2. The average Bonchev–Trinajstić information content (AvgIpc) is 2.56. The summed E-state index contributed by atoms with van der Waals surface area (Å²) in [5.41, 5.74) is 1.85. The summed E-state index contributed by atoms with van der Waals surface area (Å²) in [7, 11) is 0. The van der Waals surface area contributed by atoms with Gasteiger partial charge in [0.25, 0.3) is 5.91 Å². The van der Waals surface area contributed by atoms with E-state index in [2.05, 4.69) is 4.90 Å². The molecule has 0 N–H and O–H groups in total. The zero-order chi connectivity index (χ0) is 14.7. The minimum absolute atomic E-state index is 0.0919. The van der Waals surface area contributed by atoms with Crippen molar-refractivity contribution in [1.82, 2.24) is 4.90 Å². The Hall–Kier alpha value is -2.00. The van der Waals surface area contributed by atoms with Crippen LogP contribution in [0.5, 0.6) is 0 Å². The highest BCUT2D eigenvalue weighted by Crippen LogP contribution is 2.21. The topological polar surface area (TPSA) is 23.6 Å². The molecular formula is C17H17ClN2O. The van der Waals surface area contributed by atoms with E-state index >= 15 is 0 Å². The fraction of sp³-hybridized carbons (Fsp3) is 0.235. The zero-order valence-electron chi connectivity index (χ0n) is 11.7. The maximum absolute atomic E-state index is 12.5. The van der Waals surface area contributed by atoms with Gasteiger partial charge in [0.1, 0.15) is 0 Å². The molecule has 1 aliphatic rings. The Balaban J connectivity index is 1.74. The van der Waals surface area contributed by atoms with Gasteiger partial charge in [0.2, 0.25) is 0 Å². The van der Waals surface area contributed by atoms with Gasteiger partial charge in [0.15, 0.2) is 0 Å². The van der Waals surface area contributed by atoms with Crippen molar-refractivity contribution in [3.63, 3.8) is 0 Å². The van der Waals surface area contributed by atoms with Crippen molar-refractivity contribution in [2.45, 2.75) is 6.42 Å². The highest BCUT2D eigenvalue weighted by Gasteiger charge is 2.22. The lowest BCUT2D eigenvalue weighted by atomic mass is 10.1. The summed E-state index contributed by atoms with van der Waals surface area (Å²) < 4.78 is 0. The van der Waals surface area contributed by atoms with Gasteiger partial charge in [-0.3, -0.25) is 4.79 Å². The van der Waals surface area contributed by atoms with Crippen LogP contribution in [0.25, 0.3) is 0 Å². The molecule has 0 unspecified atom stereocenters. The molecule has 0 aliphatic carbocycles. The van der Waals surface area contributed by atoms with E-state index in [4.69, 9.17) is 11.6 Å². The first-order valence-corrected chi connectivity index (χ1v) is 7.47. The van der Waals surface area contributed by atoms with Crippen LogP contribution in [0.2, 0.25) is 5.02 Å². The van der Waals surface area contributed by atoms with E-state index in [0.29, 0.717) is 6.67 Å². The van der Waals surface area contributed by atoms with E-state index < -0.39 is 0 Å². The van der Waals surface area contributed by atoms with E-state index in [1.807, 2.05) is 59.5 Å². The number of halogens is 1. The van der Waals surface area contributed by atoms with Crippen LogP contribution in [0.1, 0.15) is 16.8 Å². The second-order valence-corrected chi connectivity index (χ2v) is 5.61. The number of hydrogen-bond acceptors (Lipinski definition) is 2. The Kier molecular flexibility index (Phi) is 4.11. The summed E-state index contributed by atoms with van der Waals surface area (Å²) >= 11 is 5.93. The van der Waals surface area contributed by atoms with Crippen LogP contribution in [0.3, 0.4) is 0 Å². The maximum atomic E-state index is 12.5. The lowest BCUT2D eigenvalue weighted by Gasteiger charge is -2.37. The molecule has 1 saturated heterocycles. The average molecular weight is 301 g/mol. The van der Waals surface area contributed by atoms with Gasteiger partial charge in [0, 0.05) is 29.4 Å². The normalized spacial score (nSPS) is 15.1. The van der Waals surface area contributed by atoms with Gasteiger partial charge in [-0.05, 0) is 42.8 Å². The van der Waals surface area contributed by atoms with E-state index in [-0.39, 0.29) is 5.91 Å². The highest BCUT2D eigenvalue weighted by molar-refractivity contribution is 6.30. The Morgan fingerprint density at radius 2 is 1.67 bits per heavy atom. The summed E-state index contributed by atoms with van der Waals surface area (Å²) in [6.45, 7) is 2.38. The van der Waals surface area contributed by atoms with Crippen LogP contribution >= 0.6 is 11.6 Å². The Morgan fingerprint density at radius 3 is 2.38 bits per heavy atom. The molecule has 1 amide bonds. The second-order valence-electron chi connectivity index (χ2n) is 5.17. The number of carbonyl (C=O) groups is 1. The van der Waals surface area contributed by atoms with Crippen LogP contribution in [-0.4, -0.2) is 30.6 Å². The van der Waals surface area contributed by atoms with Crippen molar-refractivity contribution in [3.05, 3.63) is 65.2 Å². The van der Waals surface area contributed by atoms with Gasteiger partial charge in [-0.25, -0.2) is 0 Å². The largest absolute Gasteiger partial charge is 0.354 e. The summed E-state index contributed by atoms with van der Waals surface area (Å²) in [6, 6.07) is 17.2. The molecule has 1 fully saturated rings. The van der Waals surface area contributed by atoms with Crippen molar-refractivity contribution in [3.8, 4) is 0 Å². The van der Waals surface area contributed by atoms with Gasteiger partial charge in [0.05, 0.1) is 6.67 Å². The number of hydrogen-bond donors (Lipinski definition) is 0. The number of nitrogens with zero attached hydrogens (tertiary/aromatic N) is 2. The van der Waals surface area contributed by atoms with Crippen LogP contribution in [0.4, 0.5) is 5.69 Å². The van der Waals surface area contributed by atoms with Gasteiger partial charge in [-0.1, -0.05) is 29.8 Å². The molecule has 1 heterocycles. The van der Waals surface area contributed by atoms with E-state index in [9.17, 15) is 4.79 Å². The van der Waals surface area contributed by atoms with Crippen LogP contribution in [-0.2, 0) is 0 Å². The molecule has 4 heteroatoms. The first kappa shape index (κ1) is 14.0. The van der Waals surface area contributed by atoms with E-state index in [1.54, 1.807) is 0 Å². The smallest absolute Gasteiger partial charge is 0.255 e. The van der Waals surface area contributed by atoms with Gasteiger partial charge in [-0.2, -0.15) is 0 Å². The minimum Gasteiger partial charge on any atom is -0.354 e. The molecule has 21 heavy (non-hydrogen) atoms. The number of benzene rings is 2. The van der Waals surface area contributed by atoms with Crippen molar-refractivity contribution < 1.29 is 4.79 Å². The third-order valence-corrected chi connectivity index (χ3v) is 3.95. The molecule has 0 saturated carbocycles. The predicted octanol–water partition coefficient (Wildman–Crippen LogP) is 3.65. The molecule has 0 bridgehead atoms. The molecule has 1 aliphatic heterocycles. The van der Waals surface area contributed by atoms with Gasteiger partial charge >= 0.3 is 0 Å². The summed E-state index contributed by atoms with van der Waals surface area (Å²) in [4.78, 5) is 16.6. The first-order valence-electron chi connectivity index (χ1n) is 7.09. The molecule has 108 valence electrons. The molecule has 0 radical (unpaired) electrons. The Labute approximate surface area is 129 Å². The third kappa shape index (κ3) is 3.19. The summed E-state index contributed by atoms with van der Waals surface area (Å²) in [5, 5.41) is 0.730. The van der Waals surface area contributed by atoms with Crippen molar-refractivity contribution in [2.24, 2.45) is 0 Å². The molecule has 2 aromatic carbocycles. The van der Waals surface area contributed by atoms with E-state index in [1.165, 1.54) is 0 Å².